The van der Waals surface area contributed by atoms with Crippen molar-refractivity contribution in [2.45, 2.75) is 39.7 Å². The van der Waals surface area contributed by atoms with Crippen LogP contribution in [0, 0.1) is 6.92 Å². The summed E-state index contributed by atoms with van der Waals surface area (Å²) < 4.78 is 0. The molecule has 0 saturated carbocycles. The first kappa shape index (κ1) is 18.6. The second-order valence-corrected chi connectivity index (χ2v) is 7.00. The zero-order valence-corrected chi connectivity index (χ0v) is 15.7. The van der Waals surface area contributed by atoms with Gasteiger partial charge in [-0.15, -0.1) is 11.3 Å². The van der Waals surface area contributed by atoms with Crippen molar-refractivity contribution in [2.75, 3.05) is 20.1 Å². The highest BCUT2D eigenvalue weighted by molar-refractivity contribution is 7.13. The van der Waals surface area contributed by atoms with Gasteiger partial charge < -0.3 is 10.2 Å². The highest BCUT2D eigenvalue weighted by atomic mass is 32.1. The van der Waals surface area contributed by atoms with Crippen LogP contribution >= 0.6 is 11.3 Å². The van der Waals surface area contributed by atoms with E-state index in [-0.39, 0.29) is 5.91 Å². The predicted molar refractivity (Wildman–Crippen MR) is 101 cm³/mol. The zero-order valence-electron chi connectivity index (χ0n) is 14.8. The van der Waals surface area contributed by atoms with Crippen LogP contribution in [0.25, 0.3) is 10.6 Å². The van der Waals surface area contributed by atoms with Crippen LogP contribution in [-0.4, -0.2) is 35.9 Å². The minimum absolute atomic E-state index is 0.0868. The molecular formula is C19H27N3OS. The molecule has 1 amide bonds. The molecule has 4 nitrogen and oxygen atoms in total. The average molecular weight is 346 g/mol. The lowest BCUT2D eigenvalue weighted by Crippen LogP contribution is -2.29. The van der Waals surface area contributed by atoms with Gasteiger partial charge in [0.05, 0.1) is 12.2 Å². The molecular weight excluding hydrogens is 318 g/mol. The molecule has 1 aromatic carbocycles. The number of unbranched alkanes of at least 4 members (excludes halogenated alkanes) is 1. The summed E-state index contributed by atoms with van der Waals surface area (Å²) in [5.74, 6) is 0.0868. The van der Waals surface area contributed by atoms with E-state index in [9.17, 15) is 4.79 Å². The number of thiazole rings is 1. The van der Waals surface area contributed by atoms with Crippen LogP contribution in [-0.2, 0) is 11.3 Å². The van der Waals surface area contributed by atoms with E-state index in [1.54, 1.807) is 11.3 Å². The van der Waals surface area contributed by atoms with E-state index in [1.807, 2.05) is 17.5 Å². The summed E-state index contributed by atoms with van der Waals surface area (Å²) in [4.78, 5) is 18.8. The number of rotatable bonds is 9. The number of carbonyl (C=O) groups excluding carboxylic acids is 1. The molecule has 0 aliphatic rings. The number of carbonyl (C=O) groups is 1. The normalized spacial score (nSPS) is 11.0. The molecule has 0 bridgehead atoms. The van der Waals surface area contributed by atoms with Crippen LogP contribution in [0.15, 0.2) is 29.6 Å². The number of hydrogen-bond donors (Lipinski definition) is 1. The monoisotopic (exact) mass is 345 g/mol. The van der Waals surface area contributed by atoms with Crippen molar-refractivity contribution in [3.8, 4) is 10.6 Å². The van der Waals surface area contributed by atoms with Gasteiger partial charge in [-0.3, -0.25) is 4.79 Å². The standard InChI is InChI=1S/C19H27N3OS/c1-4-5-11-22(3)12-10-18(23)20-13-16-14-24-19(21-16)17-9-7-6-8-15(17)2/h6-9,14H,4-5,10-13H2,1-3H3,(H,20,23). The number of nitrogens with zero attached hydrogens (tertiary/aromatic N) is 2. The fourth-order valence-corrected chi connectivity index (χ4v) is 3.34. The topological polar surface area (TPSA) is 45.2 Å². The van der Waals surface area contributed by atoms with Crippen molar-refractivity contribution in [2.24, 2.45) is 0 Å². The van der Waals surface area contributed by atoms with Crippen LogP contribution in [0.2, 0.25) is 0 Å². The van der Waals surface area contributed by atoms with Gasteiger partial charge in [0.2, 0.25) is 5.91 Å². The quantitative estimate of drug-likeness (QED) is 0.751. The molecule has 0 radical (unpaired) electrons. The van der Waals surface area contributed by atoms with Crippen molar-refractivity contribution < 1.29 is 4.79 Å². The Morgan fingerprint density at radius 3 is 2.83 bits per heavy atom. The fourth-order valence-electron chi connectivity index (χ4n) is 2.43. The molecule has 0 fully saturated rings. The van der Waals surface area contributed by atoms with Crippen molar-refractivity contribution in [3.63, 3.8) is 0 Å². The Bertz CT molecular complexity index is 654. The summed E-state index contributed by atoms with van der Waals surface area (Å²) in [6, 6.07) is 8.24. The highest BCUT2D eigenvalue weighted by Gasteiger charge is 2.09. The lowest BCUT2D eigenvalue weighted by Gasteiger charge is -2.15. The van der Waals surface area contributed by atoms with E-state index in [1.165, 1.54) is 18.4 Å². The number of hydrogen-bond acceptors (Lipinski definition) is 4. The Kier molecular flexibility index (Phi) is 7.40. The first-order chi connectivity index (χ1) is 11.6. The third-order valence-corrected chi connectivity index (χ3v) is 4.93. The van der Waals surface area contributed by atoms with E-state index in [4.69, 9.17) is 0 Å². The summed E-state index contributed by atoms with van der Waals surface area (Å²) in [5, 5.41) is 6.00. The summed E-state index contributed by atoms with van der Waals surface area (Å²) in [6.45, 7) is 6.62. The maximum absolute atomic E-state index is 12.0. The Hall–Kier alpha value is -1.72. The van der Waals surface area contributed by atoms with Crippen LogP contribution < -0.4 is 5.32 Å². The summed E-state index contributed by atoms with van der Waals surface area (Å²) in [6.07, 6.45) is 2.90. The lowest BCUT2D eigenvalue weighted by molar-refractivity contribution is -0.121. The van der Waals surface area contributed by atoms with Crippen LogP contribution in [0.3, 0.4) is 0 Å². The molecule has 5 heteroatoms. The average Bonchev–Trinajstić information content (AvgIpc) is 3.05. The van der Waals surface area contributed by atoms with Crippen molar-refractivity contribution >= 4 is 17.2 Å². The number of amides is 1. The Balaban J connectivity index is 1.79. The predicted octanol–water partition coefficient (Wildman–Crippen LogP) is 3.86. The van der Waals surface area contributed by atoms with Crippen LogP contribution in [0.4, 0.5) is 0 Å². The molecule has 1 aromatic heterocycles. The van der Waals surface area contributed by atoms with Gasteiger partial charge in [0, 0.05) is 23.9 Å². The molecule has 2 rings (SSSR count). The molecule has 0 atom stereocenters. The lowest BCUT2D eigenvalue weighted by atomic mass is 10.1. The van der Waals surface area contributed by atoms with E-state index >= 15 is 0 Å². The molecule has 130 valence electrons. The maximum atomic E-state index is 12.0. The molecule has 0 unspecified atom stereocenters. The van der Waals surface area contributed by atoms with Crippen LogP contribution in [0.1, 0.15) is 37.4 Å². The van der Waals surface area contributed by atoms with Crippen molar-refractivity contribution in [3.05, 3.63) is 40.9 Å². The summed E-state index contributed by atoms with van der Waals surface area (Å²) in [5.41, 5.74) is 3.31. The minimum Gasteiger partial charge on any atom is -0.350 e. The molecule has 1 N–H and O–H groups in total. The number of benzene rings is 1. The van der Waals surface area contributed by atoms with E-state index in [0.717, 1.165) is 29.4 Å². The van der Waals surface area contributed by atoms with Crippen molar-refractivity contribution in [1.29, 1.82) is 0 Å². The minimum atomic E-state index is 0.0868. The molecule has 0 aliphatic carbocycles. The van der Waals surface area contributed by atoms with Gasteiger partial charge in [-0.1, -0.05) is 37.6 Å². The van der Waals surface area contributed by atoms with Gasteiger partial charge in [0.25, 0.3) is 0 Å². The highest BCUT2D eigenvalue weighted by Crippen LogP contribution is 2.26. The number of aromatic nitrogens is 1. The van der Waals surface area contributed by atoms with Gasteiger partial charge in [-0.25, -0.2) is 4.98 Å². The first-order valence-electron chi connectivity index (χ1n) is 8.55. The second kappa shape index (κ2) is 9.55. The Labute approximate surface area is 148 Å². The first-order valence-corrected chi connectivity index (χ1v) is 9.43. The summed E-state index contributed by atoms with van der Waals surface area (Å²) >= 11 is 1.63. The van der Waals surface area contributed by atoms with E-state index in [0.29, 0.717) is 13.0 Å². The number of nitrogens with one attached hydrogen (secondary N) is 1. The fraction of sp³-hybridized carbons (Fsp3) is 0.474. The van der Waals surface area contributed by atoms with Crippen molar-refractivity contribution in [1.82, 2.24) is 15.2 Å². The molecule has 24 heavy (non-hydrogen) atoms. The van der Waals surface area contributed by atoms with E-state index < -0.39 is 0 Å². The van der Waals surface area contributed by atoms with Crippen LogP contribution in [0.5, 0.6) is 0 Å². The Morgan fingerprint density at radius 2 is 2.08 bits per heavy atom. The second-order valence-electron chi connectivity index (χ2n) is 6.14. The van der Waals surface area contributed by atoms with Gasteiger partial charge in [0.15, 0.2) is 0 Å². The third kappa shape index (κ3) is 5.73. The van der Waals surface area contributed by atoms with E-state index in [2.05, 4.69) is 48.2 Å². The molecule has 0 aliphatic heterocycles. The Morgan fingerprint density at radius 1 is 1.29 bits per heavy atom. The molecule has 1 heterocycles. The molecule has 2 aromatic rings. The third-order valence-electron chi connectivity index (χ3n) is 4.01. The van der Waals surface area contributed by atoms with Gasteiger partial charge in [-0.2, -0.15) is 0 Å². The summed E-state index contributed by atoms with van der Waals surface area (Å²) in [7, 11) is 2.07. The maximum Gasteiger partial charge on any atom is 0.221 e. The SMILES string of the molecule is CCCCN(C)CCC(=O)NCc1csc(-c2ccccc2C)n1. The smallest absolute Gasteiger partial charge is 0.221 e. The number of aryl methyl sites for hydroxylation is 1. The van der Waals surface area contributed by atoms with Gasteiger partial charge in [0.1, 0.15) is 5.01 Å². The molecule has 0 spiro atoms. The largest absolute Gasteiger partial charge is 0.350 e. The van der Waals surface area contributed by atoms with Gasteiger partial charge in [-0.05, 0) is 32.5 Å². The zero-order chi connectivity index (χ0) is 17.4. The van der Waals surface area contributed by atoms with Gasteiger partial charge >= 0.3 is 0 Å². The molecule has 0 saturated heterocycles.